The number of rotatable bonds is 6. The van der Waals surface area contributed by atoms with Crippen molar-refractivity contribution in [2.24, 2.45) is 0 Å². The first-order chi connectivity index (χ1) is 14.6. The van der Waals surface area contributed by atoms with Gasteiger partial charge in [0.1, 0.15) is 11.6 Å². The van der Waals surface area contributed by atoms with Crippen LogP contribution in [0.1, 0.15) is 40.6 Å². The van der Waals surface area contributed by atoms with Crippen LogP contribution in [0.2, 0.25) is 0 Å². The van der Waals surface area contributed by atoms with Gasteiger partial charge in [-0.25, -0.2) is 4.39 Å². The van der Waals surface area contributed by atoms with Crippen molar-refractivity contribution in [3.05, 3.63) is 77.4 Å². The molecule has 0 bridgehead atoms. The molecule has 1 aromatic heterocycles. The van der Waals surface area contributed by atoms with Crippen molar-refractivity contribution in [3.63, 3.8) is 0 Å². The lowest BCUT2D eigenvalue weighted by Crippen LogP contribution is -2.34. The van der Waals surface area contributed by atoms with Gasteiger partial charge in [-0.15, -0.1) is 0 Å². The summed E-state index contributed by atoms with van der Waals surface area (Å²) in [6.45, 7) is 2.56. The number of hydrogen-bond donors (Lipinski definition) is 1. The summed E-state index contributed by atoms with van der Waals surface area (Å²) >= 11 is 0. The summed E-state index contributed by atoms with van der Waals surface area (Å²) in [7, 11) is 1.55. The largest absolute Gasteiger partial charge is 0.495 e. The second kappa shape index (κ2) is 9.09. The van der Waals surface area contributed by atoms with E-state index in [1.54, 1.807) is 25.3 Å². The number of likely N-dealkylation sites (tertiary alicyclic amines) is 1. The fourth-order valence-corrected chi connectivity index (χ4v) is 3.81. The van der Waals surface area contributed by atoms with Crippen LogP contribution in [0.15, 0.2) is 59.1 Å². The van der Waals surface area contributed by atoms with E-state index in [9.17, 15) is 9.18 Å². The molecule has 1 fully saturated rings. The van der Waals surface area contributed by atoms with Gasteiger partial charge in [-0.3, -0.25) is 9.69 Å². The molecule has 2 heterocycles. The van der Waals surface area contributed by atoms with E-state index in [-0.39, 0.29) is 23.4 Å². The number of amides is 1. The predicted octanol–water partition coefficient (Wildman–Crippen LogP) is 4.45. The number of nitrogens with one attached hydrogen (secondary N) is 1. The molecule has 1 atom stereocenters. The number of benzene rings is 2. The van der Waals surface area contributed by atoms with E-state index in [1.807, 2.05) is 24.3 Å². The molecule has 7 heteroatoms. The molecule has 0 unspecified atom stereocenters. The van der Waals surface area contributed by atoms with Crippen LogP contribution in [0, 0.1) is 5.82 Å². The highest BCUT2D eigenvalue weighted by Gasteiger charge is 2.25. The van der Waals surface area contributed by atoms with Gasteiger partial charge < -0.3 is 14.6 Å². The summed E-state index contributed by atoms with van der Waals surface area (Å²) in [6, 6.07) is 15.5. The molecule has 156 valence electrons. The highest BCUT2D eigenvalue weighted by molar-refractivity contribution is 6.03. The molecule has 0 saturated carbocycles. The number of methoxy groups -OCH3 is 1. The monoisotopic (exact) mass is 409 g/mol. The molecule has 3 aromatic rings. The van der Waals surface area contributed by atoms with Crippen LogP contribution in [0.5, 0.6) is 5.75 Å². The van der Waals surface area contributed by atoms with E-state index in [4.69, 9.17) is 9.26 Å². The van der Waals surface area contributed by atoms with Gasteiger partial charge in [0, 0.05) is 25.1 Å². The molecule has 6 nitrogen and oxygen atoms in total. The number of para-hydroxylation sites is 2. The van der Waals surface area contributed by atoms with Crippen LogP contribution in [-0.2, 0) is 6.54 Å². The van der Waals surface area contributed by atoms with Crippen LogP contribution in [0.4, 0.5) is 10.1 Å². The maximum atomic E-state index is 13.1. The summed E-state index contributed by atoms with van der Waals surface area (Å²) in [5.41, 5.74) is 2.43. The van der Waals surface area contributed by atoms with Gasteiger partial charge in [-0.1, -0.05) is 29.4 Å². The lowest BCUT2D eigenvalue weighted by molar-refractivity contribution is 0.0987. The number of anilines is 1. The molecular weight excluding hydrogens is 385 g/mol. The van der Waals surface area contributed by atoms with Gasteiger partial charge >= 0.3 is 0 Å². The third kappa shape index (κ3) is 4.68. The Morgan fingerprint density at radius 2 is 2.07 bits per heavy atom. The van der Waals surface area contributed by atoms with Crippen LogP contribution < -0.4 is 10.1 Å². The first-order valence-corrected chi connectivity index (χ1v) is 10.00. The standard InChI is InChI=1S/C23H24FN3O3/c1-29-21-7-3-2-6-19(21)25-23(28)22-13-20(26-30-22)17-5-4-12-27(15-17)14-16-8-10-18(24)11-9-16/h2-3,6-11,13,17H,4-5,12,14-15H2,1H3,(H,25,28)/t17-/m0/s1. The predicted molar refractivity (Wildman–Crippen MR) is 111 cm³/mol. The molecule has 4 rings (SSSR count). The number of ether oxygens (including phenoxy) is 1. The van der Waals surface area contributed by atoms with E-state index < -0.39 is 0 Å². The summed E-state index contributed by atoms with van der Waals surface area (Å²) in [5, 5.41) is 6.96. The fraction of sp³-hybridized carbons (Fsp3) is 0.304. The van der Waals surface area contributed by atoms with E-state index in [0.717, 1.165) is 43.7 Å². The molecule has 1 aliphatic rings. The summed E-state index contributed by atoms with van der Waals surface area (Å²) in [5.74, 6) is 0.352. The molecule has 2 aromatic carbocycles. The Labute approximate surface area is 174 Å². The van der Waals surface area contributed by atoms with Crippen LogP contribution in [0.25, 0.3) is 0 Å². The van der Waals surface area contributed by atoms with Gasteiger partial charge in [-0.05, 0) is 49.2 Å². The van der Waals surface area contributed by atoms with E-state index in [2.05, 4.69) is 15.4 Å². The van der Waals surface area contributed by atoms with Gasteiger partial charge in [0.25, 0.3) is 5.91 Å². The van der Waals surface area contributed by atoms with Crippen molar-refractivity contribution in [2.75, 3.05) is 25.5 Å². The van der Waals surface area contributed by atoms with Crippen molar-refractivity contribution >= 4 is 11.6 Å². The fourth-order valence-electron chi connectivity index (χ4n) is 3.81. The maximum Gasteiger partial charge on any atom is 0.294 e. The van der Waals surface area contributed by atoms with E-state index in [0.29, 0.717) is 11.4 Å². The lowest BCUT2D eigenvalue weighted by atomic mass is 9.94. The van der Waals surface area contributed by atoms with E-state index in [1.165, 1.54) is 12.1 Å². The number of hydrogen-bond acceptors (Lipinski definition) is 5. The number of piperidine rings is 1. The van der Waals surface area contributed by atoms with Crippen LogP contribution >= 0.6 is 0 Å². The topological polar surface area (TPSA) is 67.6 Å². The molecule has 0 radical (unpaired) electrons. The van der Waals surface area contributed by atoms with Crippen molar-refractivity contribution in [2.45, 2.75) is 25.3 Å². The van der Waals surface area contributed by atoms with Crippen LogP contribution in [0.3, 0.4) is 0 Å². The van der Waals surface area contributed by atoms with Gasteiger partial charge in [0.05, 0.1) is 18.5 Å². The van der Waals surface area contributed by atoms with Crippen LogP contribution in [-0.4, -0.2) is 36.2 Å². The lowest BCUT2D eigenvalue weighted by Gasteiger charge is -2.31. The average Bonchev–Trinajstić information content (AvgIpc) is 3.27. The zero-order valence-electron chi connectivity index (χ0n) is 16.8. The van der Waals surface area contributed by atoms with Crippen molar-refractivity contribution < 1.29 is 18.4 Å². The highest BCUT2D eigenvalue weighted by atomic mass is 19.1. The Morgan fingerprint density at radius 1 is 1.27 bits per heavy atom. The number of halogens is 1. The third-order valence-corrected chi connectivity index (χ3v) is 5.35. The summed E-state index contributed by atoms with van der Waals surface area (Å²) in [4.78, 5) is 14.9. The average molecular weight is 409 g/mol. The Balaban J connectivity index is 1.40. The molecule has 1 amide bonds. The minimum absolute atomic E-state index is 0.173. The zero-order valence-corrected chi connectivity index (χ0v) is 16.8. The molecule has 0 aliphatic carbocycles. The van der Waals surface area contributed by atoms with E-state index >= 15 is 0 Å². The minimum Gasteiger partial charge on any atom is -0.495 e. The number of carbonyl (C=O) groups excluding carboxylic acids is 1. The van der Waals surface area contributed by atoms with Crippen molar-refractivity contribution in [3.8, 4) is 5.75 Å². The molecular formula is C23H24FN3O3. The Morgan fingerprint density at radius 3 is 2.87 bits per heavy atom. The van der Waals surface area contributed by atoms with Gasteiger partial charge in [0.15, 0.2) is 0 Å². The first kappa shape index (κ1) is 20.1. The number of carbonyl (C=O) groups is 1. The number of aromatic nitrogens is 1. The van der Waals surface area contributed by atoms with Crippen molar-refractivity contribution in [1.29, 1.82) is 0 Å². The third-order valence-electron chi connectivity index (χ3n) is 5.35. The molecule has 0 spiro atoms. The quantitative estimate of drug-likeness (QED) is 0.651. The Bertz CT molecular complexity index is 1000. The van der Waals surface area contributed by atoms with Crippen molar-refractivity contribution in [1.82, 2.24) is 10.1 Å². The van der Waals surface area contributed by atoms with Gasteiger partial charge in [0.2, 0.25) is 5.76 Å². The SMILES string of the molecule is COc1ccccc1NC(=O)c1cc([C@H]2CCCN(Cc3ccc(F)cc3)C2)no1. The first-order valence-electron chi connectivity index (χ1n) is 10.00. The number of nitrogens with zero attached hydrogens (tertiary/aromatic N) is 2. The molecule has 1 aliphatic heterocycles. The zero-order chi connectivity index (χ0) is 20.9. The Kier molecular flexibility index (Phi) is 6.09. The summed E-state index contributed by atoms with van der Waals surface area (Å²) in [6.07, 6.45) is 2.02. The highest BCUT2D eigenvalue weighted by Crippen LogP contribution is 2.28. The maximum absolute atomic E-state index is 13.1. The minimum atomic E-state index is -0.364. The summed E-state index contributed by atoms with van der Waals surface area (Å²) < 4.78 is 23.7. The second-order valence-electron chi connectivity index (χ2n) is 7.47. The molecule has 30 heavy (non-hydrogen) atoms. The smallest absolute Gasteiger partial charge is 0.294 e. The Hall–Kier alpha value is -3.19. The molecule has 1 N–H and O–H groups in total. The normalized spacial score (nSPS) is 16.9. The molecule has 1 saturated heterocycles. The van der Waals surface area contributed by atoms with Gasteiger partial charge in [-0.2, -0.15) is 0 Å². The second-order valence-corrected chi connectivity index (χ2v) is 7.47.